The maximum absolute atomic E-state index is 13.0. The van der Waals surface area contributed by atoms with Crippen molar-refractivity contribution in [3.8, 4) is 0 Å². The Bertz CT molecular complexity index is 1020. The summed E-state index contributed by atoms with van der Waals surface area (Å²) < 4.78 is 44.5. The molecule has 1 aliphatic rings. The standard InChI is InChI=1S/C25H21F3O/c1-29-16-15-22-23(17-7-3-2-4-8-17)20-9-5-6-10-21(20)24(22)18-11-13-19(14-12-18)25(26,27)28/h2-14,24H,15-16H2,1H3. The number of fused-ring (bicyclic) bond motifs is 1. The predicted molar refractivity (Wildman–Crippen MR) is 109 cm³/mol. The van der Waals surface area contributed by atoms with E-state index in [0.29, 0.717) is 13.0 Å². The minimum Gasteiger partial charge on any atom is -0.384 e. The first-order valence-corrected chi connectivity index (χ1v) is 9.54. The van der Waals surface area contributed by atoms with Crippen molar-refractivity contribution >= 4 is 5.57 Å². The molecular weight excluding hydrogens is 373 g/mol. The average molecular weight is 394 g/mol. The van der Waals surface area contributed by atoms with Crippen molar-refractivity contribution < 1.29 is 17.9 Å². The summed E-state index contributed by atoms with van der Waals surface area (Å²) in [7, 11) is 1.66. The molecule has 1 nitrogen and oxygen atoms in total. The topological polar surface area (TPSA) is 9.23 Å². The van der Waals surface area contributed by atoms with Gasteiger partial charge < -0.3 is 4.74 Å². The minimum absolute atomic E-state index is 0.0844. The van der Waals surface area contributed by atoms with Crippen molar-refractivity contribution in [1.29, 1.82) is 0 Å². The second kappa shape index (κ2) is 7.88. The zero-order chi connectivity index (χ0) is 20.4. The van der Waals surface area contributed by atoms with Crippen LogP contribution in [0.3, 0.4) is 0 Å². The Morgan fingerprint density at radius 3 is 2.14 bits per heavy atom. The minimum atomic E-state index is -4.34. The number of hydrogen-bond donors (Lipinski definition) is 0. The molecule has 0 aromatic heterocycles. The molecule has 4 heteroatoms. The molecule has 29 heavy (non-hydrogen) atoms. The van der Waals surface area contributed by atoms with Crippen molar-refractivity contribution in [2.24, 2.45) is 0 Å². The average Bonchev–Trinajstić information content (AvgIpc) is 3.06. The molecule has 4 rings (SSSR count). The van der Waals surface area contributed by atoms with Crippen molar-refractivity contribution in [3.05, 3.63) is 112 Å². The highest BCUT2D eigenvalue weighted by Gasteiger charge is 2.34. The van der Waals surface area contributed by atoms with Gasteiger partial charge in [-0.25, -0.2) is 0 Å². The highest BCUT2D eigenvalue weighted by molar-refractivity contribution is 5.89. The van der Waals surface area contributed by atoms with Gasteiger partial charge in [-0.15, -0.1) is 0 Å². The Kier molecular flexibility index (Phi) is 5.29. The Morgan fingerprint density at radius 1 is 0.828 bits per heavy atom. The molecule has 0 N–H and O–H groups in total. The number of ether oxygens (including phenoxy) is 1. The van der Waals surface area contributed by atoms with E-state index in [1.54, 1.807) is 19.2 Å². The van der Waals surface area contributed by atoms with Gasteiger partial charge in [-0.2, -0.15) is 13.2 Å². The van der Waals surface area contributed by atoms with E-state index in [-0.39, 0.29) is 5.92 Å². The third kappa shape index (κ3) is 3.73. The molecule has 0 fully saturated rings. The first-order valence-electron chi connectivity index (χ1n) is 9.54. The van der Waals surface area contributed by atoms with Gasteiger partial charge in [-0.05, 0) is 52.0 Å². The summed E-state index contributed by atoms with van der Waals surface area (Å²) in [4.78, 5) is 0. The second-order valence-electron chi connectivity index (χ2n) is 7.15. The van der Waals surface area contributed by atoms with E-state index in [2.05, 4.69) is 24.3 Å². The van der Waals surface area contributed by atoms with E-state index in [1.165, 1.54) is 17.7 Å². The van der Waals surface area contributed by atoms with Crippen LogP contribution in [0.1, 0.15) is 40.2 Å². The lowest BCUT2D eigenvalue weighted by atomic mass is 9.86. The summed E-state index contributed by atoms with van der Waals surface area (Å²) >= 11 is 0. The van der Waals surface area contributed by atoms with E-state index in [4.69, 9.17) is 4.74 Å². The van der Waals surface area contributed by atoms with Gasteiger partial charge in [0.15, 0.2) is 0 Å². The molecule has 148 valence electrons. The van der Waals surface area contributed by atoms with E-state index >= 15 is 0 Å². The maximum atomic E-state index is 13.0. The normalized spacial score (nSPS) is 16.2. The molecule has 0 radical (unpaired) electrons. The summed E-state index contributed by atoms with van der Waals surface area (Å²) in [6.07, 6.45) is -3.63. The lowest BCUT2D eigenvalue weighted by Gasteiger charge is -2.19. The summed E-state index contributed by atoms with van der Waals surface area (Å²) in [5.74, 6) is -0.0844. The van der Waals surface area contributed by atoms with Gasteiger partial charge in [0.2, 0.25) is 0 Å². The Morgan fingerprint density at radius 2 is 1.48 bits per heavy atom. The van der Waals surface area contributed by atoms with E-state index in [1.807, 2.05) is 30.3 Å². The maximum Gasteiger partial charge on any atom is 0.416 e. The van der Waals surface area contributed by atoms with Crippen molar-refractivity contribution in [3.63, 3.8) is 0 Å². The summed E-state index contributed by atoms with van der Waals surface area (Å²) in [5, 5.41) is 0. The molecule has 3 aromatic rings. The molecule has 3 aromatic carbocycles. The number of rotatable bonds is 5. The fourth-order valence-electron chi connectivity index (χ4n) is 4.15. The number of alkyl halides is 3. The Hall–Kier alpha value is -2.85. The van der Waals surface area contributed by atoms with Crippen LogP contribution in [-0.2, 0) is 10.9 Å². The number of methoxy groups -OCH3 is 1. The van der Waals surface area contributed by atoms with Crippen LogP contribution in [0.15, 0.2) is 84.4 Å². The third-order valence-electron chi connectivity index (χ3n) is 5.42. The van der Waals surface area contributed by atoms with Gasteiger partial charge in [0, 0.05) is 19.6 Å². The van der Waals surface area contributed by atoms with Crippen LogP contribution in [0.25, 0.3) is 5.57 Å². The highest BCUT2D eigenvalue weighted by atomic mass is 19.4. The number of halogens is 3. The van der Waals surface area contributed by atoms with Crippen LogP contribution >= 0.6 is 0 Å². The van der Waals surface area contributed by atoms with Crippen LogP contribution in [0.2, 0.25) is 0 Å². The molecule has 1 atom stereocenters. The Balaban J connectivity index is 1.88. The summed E-state index contributed by atoms with van der Waals surface area (Å²) in [6, 6.07) is 23.8. The van der Waals surface area contributed by atoms with E-state index in [9.17, 15) is 13.2 Å². The smallest absolute Gasteiger partial charge is 0.384 e. The monoisotopic (exact) mass is 394 g/mol. The molecule has 0 saturated carbocycles. The molecular formula is C25H21F3O. The van der Waals surface area contributed by atoms with Crippen molar-refractivity contribution in [2.75, 3.05) is 13.7 Å². The van der Waals surface area contributed by atoms with E-state index < -0.39 is 11.7 Å². The molecule has 0 bridgehead atoms. The first kappa shape index (κ1) is 19.5. The molecule has 0 heterocycles. The quantitative estimate of drug-likeness (QED) is 0.468. The summed E-state index contributed by atoms with van der Waals surface area (Å²) in [6.45, 7) is 0.552. The zero-order valence-electron chi connectivity index (χ0n) is 16.0. The molecule has 0 aliphatic heterocycles. The largest absolute Gasteiger partial charge is 0.416 e. The fraction of sp³-hybridized carbons (Fsp3) is 0.200. The van der Waals surface area contributed by atoms with E-state index in [0.717, 1.165) is 27.8 Å². The second-order valence-corrected chi connectivity index (χ2v) is 7.15. The lowest BCUT2D eigenvalue weighted by Crippen LogP contribution is -2.07. The fourth-order valence-corrected chi connectivity index (χ4v) is 4.15. The first-order chi connectivity index (χ1) is 14.0. The number of benzene rings is 3. The van der Waals surface area contributed by atoms with Crippen LogP contribution in [0.4, 0.5) is 13.2 Å². The van der Waals surface area contributed by atoms with Crippen LogP contribution in [-0.4, -0.2) is 13.7 Å². The van der Waals surface area contributed by atoms with Gasteiger partial charge in [-0.3, -0.25) is 0 Å². The van der Waals surface area contributed by atoms with Crippen LogP contribution in [0.5, 0.6) is 0 Å². The molecule has 1 aliphatic carbocycles. The molecule has 0 spiro atoms. The van der Waals surface area contributed by atoms with Gasteiger partial charge in [0.1, 0.15) is 0 Å². The molecule has 0 amide bonds. The lowest BCUT2D eigenvalue weighted by molar-refractivity contribution is -0.137. The summed E-state index contributed by atoms with van der Waals surface area (Å²) in [5.41, 5.74) is 5.94. The zero-order valence-corrected chi connectivity index (χ0v) is 16.0. The van der Waals surface area contributed by atoms with Gasteiger partial charge in [-0.1, -0.05) is 66.7 Å². The van der Waals surface area contributed by atoms with Gasteiger partial charge in [0.25, 0.3) is 0 Å². The third-order valence-corrected chi connectivity index (χ3v) is 5.42. The van der Waals surface area contributed by atoms with Crippen molar-refractivity contribution in [2.45, 2.75) is 18.5 Å². The van der Waals surface area contributed by atoms with Crippen LogP contribution in [0, 0.1) is 0 Å². The highest BCUT2D eigenvalue weighted by Crippen LogP contribution is 2.49. The van der Waals surface area contributed by atoms with Gasteiger partial charge in [0.05, 0.1) is 5.56 Å². The molecule has 1 unspecified atom stereocenters. The Labute approximate surface area is 168 Å². The molecule has 0 saturated heterocycles. The van der Waals surface area contributed by atoms with Crippen LogP contribution < -0.4 is 0 Å². The van der Waals surface area contributed by atoms with Crippen molar-refractivity contribution in [1.82, 2.24) is 0 Å². The van der Waals surface area contributed by atoms with Gasteiger partial charge >= 0.3 is 6.18 Å². The predicted octanol–water partition coefficient (Wildman–Crippen LogP) is 6.69. The SMILES string of the molecule is COCCC1=C(c2ccccc2)c2ccccc2C1c1ccc(C(F)(F)F)cc1. The number of hydrogen-bond acceptors (Lipinski definition) is 1.